The van der Waals surface area contributed by atoms with E-state index in [-0.39, 0.29) is 5.82 Å². The topological polar surface area (TPSA) is 49.3 Å². The quantitative estimate of drug-likeness (QED) is 0.635. The third-order valence-corrected chi connectivity index (χ3v) is 4.03. The van der Waals surface area contributed by atoms with Crippen LogP contribution in [0.4, 0.5) is 4.39 Å². The molecule has 0 radical (unpaired) electrons. The van der Waals surface area contributed by atoms with Crippen molar-refractivity contribution in [2.75, 3.05) is 20.1 Å². The predicted molar refractivity (Wildman–Crippen MR) is 90.0 cm³/mol. The zero-order chi connectivity index (χ0) is 15.8. The molecule has 0 aliphatic heterocycles. The molecule has 0 aliphatic carbocycles. The third-order valence-electron chi connectivity index (χ3n) is 3.21. The first-order valence-corrected chi connectivity index (χ1v) is 8.16. The van der Waals surface area contributed by atoms with Crippen LogP contribution in [0.5, 0.6) is 0 Å². The molecule has 0 amide bonds. The molecule has 0 spiro atoms. The van der Waals surface area contributed by atoms with Crippen LogP contribution in [0.2, 0.25) is 0 Å². The van der Waals surface area contributed by atoms with Crippen LogP contribution in [0.15, 0.2) is 34.6 Å². The Morgan fingerprint density at radius 1 is 1.23 bits per heavy atom. The van der Waals surface area contributed by atoms with Gasteiger partial charge in [-0.15, -0.1) is 11.3 Å². The molecule has 0 saturated heterocycles. The number of guanidine groups is 1. The van der Waals surface area contributed by atoms with Gasteiger partial charge in [0.05, 0.1) is 10.7 Å². The van der Waals surface area contributed by atoms with E-state index in [0.29, 0.717) is 18.5 Å². The van der Waals surface area contributed by atoms with Crippen LogP contribution in [0, 0.1) is 12.7 Å². The van der Waals surface area contributed by atoms with Crippen molar-refractivity contribution in [1.29, 1.82) is 0 Å². The van der Waals surface area contributed by atoms with E-state index in [2.05, 4.69) is 26.0 Å². The summed E-state index contributed by atoms with van der Waals surface area (Å²) in [6, 6.07) is 6.84. The summed E-state index contributed by atoms with van der Waals surface area (Å²) in [5.74, 6) is 0.564. The van der Waals surface area contributed by atoms with Crippen LogP contribution >= 0.6 is 11.3 Å². The molecule has 2 N–H and O–H groups in total. The number of benzene rings is 1. The number of halogens is 1. The molecule has 0 fully saturated rings. The number of nitrogens with zero attached hydrogens (tertiary/aromatic N) is 2. The van der Waals surface area contributed by atoms with Gasteiger partial charge < -0.3 is 10.6 Å². The van der Waals surface area contributed by atoms with Gasteiger partial charge in [-0.05, 0) is 25.0 Å². The van der Waals surface area contributed by atoms with E-state index >= 15 is 0 Å². The van der Waals surface area contributed by atoms with E-state index < -0.39 is 0 Å². The Morgan fingerprint density at radius 2 is 1.95 bits per heavy atom. The highest BCUT2D eigenvalue weighted by Crippen LogP contribution is 2.08. The molecule has 6 heteroatoms. The Balaban J connectivity index is 1.70. The summed E-state index contributed by atoms with van der Waals surface area (Å²) in [4.78, 5) is 8.58. The maximum absolute atomic E-state index is 13.5. The number of hydrogen-bond acceptors (Lipinski definition) is 3. The van der Waals surface area contributed by atoms with Gasteiger partial charge in [0.15, 0.2) is 5.96 Å². The zero-order valence-electron chi connectivity index (χ0n) is 12.9. The van der Waals surface area contributed by atoms with E-state index in [0.717, 1.165) is 29.6 Å². The van der Waals surface area contributed by atoms with Crippen LogP contribution in [0.1, 0.15) is 16.3 Å². The van der Waals surface area contributed by atoms with Crippen LogP contribution in [-0.4, -0.2) is 31.1 Å². The Labute approximate surface area is 134 Å². The smallest absolute Gasteiger partial charge is 0.190 e. The first kappa shape index (κ1) is 16.4. The normalized spacial score (nSPS) is 11.5. The van der Waals surface area contributed by atoms with Crippen LogP contribution < -0.4 is 10.6 Å². The van der Waals surface area contributed by atoms with Crippen molar-refractivity contribution in [3.05, 3.63) is 51.7 Å². The summed E-state index contributed by atoms with van der Waals surface area (Å²) >= 11 is 1.66. The molecule has 0 bridgehead atoms. The van der Waals surface area contributed by atoms with Gasteiger partial charge in [0.1, 0.15) is 5.82 Å². The monoisotopic (exact) mass is 320 g/mol. The number of rotatable bonds is 6. The number of aryl methyl sites for hydroxylation is 1. The van der Waals surface area contributed by atoms with Crippen molar-refractivity contribution < 1.29 is 4.39 Å². The molecule has 118 valence electrons. The van der Waals surface area contributed by atoms with Crippen molar-refractivity contribution in [1.82, 2.24) is 15.6 Å². The molecule has 0 saturated carbocycles. The van der Waals surface area contributed by atoms with E-state index in [1.54, 1.807) is 30.5 Å². The second kappa shape index (κ2) is 8.48. The van der Waals surface area contributed by atoms with Crippen LogP contribution in [-0.2, 0) is 12.8 Å². The average Bonchev–Trinajstić information content (AvgIpc) is 2.93. The number of hydrogen-bond donors (Lipinski definition) is 2. The second-order valence-corrected chi connectivity index (χ2v) is 5.94. The summed E-state index contributed by atoms with van der Waals surface area (Å²) < 4.78 is 13.5. The highest BCUT2D eigenvalue weighted by Gasteiger charge is 2.02. The first-order chi connectivity index (χ1) is 10.7. The number of nitrogens with one attached hydrogen (secondary N) is 2. The SMILES string of the molecule is CN=C(NCCc1csc(C)n1)NCCc1ccccc1F. The first-order valence-electron chi connectivity index (χ1n) is 7.28. The molecule has 2 rings (SSSR count). The highest BCUT2D eigenvalue weighted by atomic mass is 32.1. The average molecular weight is 320 g/mol. The Bertz CT molecular complexity index is 624. The standard InChI is InChI=1S/C16H21FN4S/c1-12-21-14(11-22-12)8-10-20-16(18-2)19-9-7-13-5-3-4-6-15(13)17/h3-6,11H,7-10H2,1-2H3,(H2,18,19,20). The lowest BCUT2D eigenvalue weighted by atomic mass is 10.1. The molecule has 1 aromatic carbocycles. The zero-order valence-corrected chi connectivity index (χ0v) is 13.7. The maximum atomic E-state index is 13.5. The fourth-order valence-electron chi connectivity index (χ4n) is 2.07. The molecular weight excluding hydrogens is 299 g/mol. The van der Waals surface area contributed by atoms with Gasteiger partial charge in [-0.1, -0.05) is 18.2 Å². The van der Waals surface area contributed by atoms with Crippen molar-refractivity contribution in [2.24, 2.45) is 4.99 Å². The third kappa shape index (κ3) is 5.11. The fraction of sp³-hybridized carbons (Fsp3) is 0.375. The second-order valence-electron chi connectivity index (χ2n) is 4.88. The molecule has 0 aliphatic rings. The van der Waals surface area contributed by atoms with Crippen molar-refractivity contribution in [3.63, 3.8) is 0 Å². The van der Waals surface area contributed by atoms with Crippen molar-refractivity contribution >= 4 is 17.3 Å². The summed E-state index contributed by atoms with van der Waals surface area (Å²) in [5.41, 5.74) is 1.81. The van der Waals surface area contributed by atoms with Gasteiger partial charge in [0.2, 0.25) is 0 Å². The lowest BCUT2D eigenvalue weighted by Gasteiger charge is -2.11. The number of aromatic nitrogens is 1. The molecule has 2 aromatic rings. The van der Waals surface area contributed by atoms with Gasteiger partial charge in [-0.3, -0.25) is 4.99 Å². The summed E-state index contributed by atoms with van der Waals surface area (Å²) in [6.07, 6.45) is 1.48. The Hall–Kier alpha value is -1.95. The van der Waals surface area contributed by atoms with Gasteiger partial charge in [0.25, 0.3) is 0 Å². The maximum Gasteiger partial charge on any atom is 0.190 e. The Kier molecular flexibility index (Phi) is 6.33. The van der Waals surface area contributed by atoms with Gasteiger partial charge in [-0.25, -0.2) is 9.37 Å². The van der Waals surface area contributed by atoms with E-state index in [4.69, 9.17) is 0 Å². The van der Waals surface area contributed by atoms with Crippen LogP contribution in [0.25, 0.3) is 0 Å². The molecule has 22 heavy (non-hydrogen) atoms. The lowest BCUT2D eigenvalue weighted by Crippen LogP contribution is -2.39. The molecule has 4 nitrogen and oxygen atoms in total. The summed E-state index contributed by atoms with van der Waals surface area (Å²) in [5, 5.41) is 9.59. The highest BCUT2D eigenvalue weighted by molar-refractivity contribution is 7.09. The van der Waals surface area contributed by atoms with E-state index in [1.165, 1.54) is 6.07 Å². The summed E-state index contributed by atoms with van der Waals surface area (Å²) in [6.45, 7) is 3.41. The minimum atomic E-state index is -0.161. The molecule has 1 heterocycles. The van der Waals surface area contributed by atoms with Gasteiger partial charge in [-0.2, -0.15) is 0 Å². The molecule has 0 unspecified atom stereocenters. The number of aliphatic imine (C=N–C) groups is 1. The van der Waals surface area contributed by atoms with Crippen molar-refractivity contribution in [2.45, 2.75) is 19.8 Å². The van der Waals surface area contributed by atoms with Crippen molar-refractivity contribution in [3.8, 4) is 0 Å². The minimum Gasteiger partial charge on any atom is -0.356 e. The summed E-state index contributed by atoms with van der Waals surface area (Å²) in [7, 11) is 1.73. The van der Waals surface area contributed by atoms with Gasteiger partial charge >= 0.3 is 0 Å². The number of thiazole rings is 1. The molecule has 0 atom stereocenters. The molecule has 1 aromatic heterocycles. The molecular formula is C16H21FN4S. The predicted octanol–water partition coefficient (Wildman–Crippen LogP) is 2.54. The van der Waals surface area contributed by atoms with E-state index in [9.17, 15) is 4.39 Å². The minimum absolute atomic E-state index is 0.161. The Morgan fingerprint density at radius 3 is 2.59 bits per heavy atom. The lowest BCUT2D eigenvalue weighted by molar-refractivity contribution is 0.606. The van der Waals surface area contributed by atoms with Gasteiger partial charge in [0, 0.05) is 31.9 Å². The largest absolute Gasteiger partial charge is 0.356 e. The fourth-order valence-corrected chi connectivity index (χ4v) is 2.72. The van der Waals surface area contributed by atoms with Crippen LogP contribution in [0.3, 0.4) is 0 Å². The van der Waals surface area contributed by atoms with E-state index in [1.807, 2.05) is 13.0 Å².